The molecule has 3 aromatic rings. The lowest BCUT2D eigenvalue weighted by atomic mass is 10.3. The first-order valence-corrected chi connectivity index (χ1v) is 7.26. The summed E-state index contributed by atoms with van der Waals surface area (Å²) in [6.45, 7) is 2.10. The van der Waals surface area contributed by atoms with Crippen molar-refractivity contribution in [3.8, 4) is 23.0 Å². The quantitative estimate of drug-likeness (QED) is 0.725. The first-order valence-electron chi connectivity index (χ1n) is 7.26. The molecule has 0 spiro atoms. The fourth-order valence-corrected chi connectivity index (χ4v) is 2.01. The lowest BCUT2D eigenvalue weighted by Crippen LogP contribution is -2.33. The van der Waals surface area contributed by atoms with E-state index >= 15 is 0 Å². The molecule has 122 valence electrons. The Balaban J connectivity index is 1.89. The number of hydrogen-bond donors (Lipinski definition) is 1. The zero-order valence-electron chi connectivity index (χ0n) is 12.8. The Kier molecular flexibility index (Phi) is 4.41. The Morgan fingerprint density at radius 1 is 1.33 bits per heavy atom. The Labute approximate surface area is 136 Å². The summed E-state index contributed by atoms with van der Waals surface area (Å²) in [6, 6.07) is 6.33. The molecule has 3 aromatic heterocycles. The molecule has 0 aliphatic carbocycles. The molecule has 0 aliphatic heterocycles. The molecule has 0 aromatic carbocycles. The van der Waals surface area contributed by atoms with Gasteiger partial charge >= 0.3 is 0 Å². The van der Waals surface area contributed by atoms with Crippen molar-refractivity contribution in [2.75, 3.05) is 6.54 Å². The van der Waals surface area contributed by atoms with Gasteiger partial charge in [0.2, 0.25) is 11.7 Å². The van der Waals surface area contributed by atoms with Gasteiger partial charge in [0.25, 0.3) is 11.4 Å². The number of likely N-dealkylation sites (N-methyl/N-ethyl adjacent to an activating group) is 1. The summed E-state index contributed by atoms with van der Waals surface area (Å²) in [6.07, 6.45) is 3.25. The summed E-state index contributed by atoms with van der Waals surface area (Å²) in [5, 5.41) is 10.6. The number of aromatic nitrogens is 5. The van der Waals surface area contributed by atoms with Crippen molar-refractivity contribution in [1.29, 1.82) is 0 Å². The lowest BCUT2D eigenvalue weighted by molar-refractivity contribution is -0.121. The van der Waals surface area contributed by atoms with Gasteiger partial charge in [-0.3, -0.25) is 14.6 Å². The number of carbonyl (C=O) groups is 1. The van der Waals surface area contributed by atoms with Crippen molar-refractivity contribution in [1.82, 2.24) is 30.2 Å². The standard InChI is InChI=1S/C15H14N6O3/c1-2-17-12(22)9-21-13(23)6-5-11(19-21)15-18-14(20-24-15)10-4-3-7-16-8-10/h3-8H,2,9H2,1H3,(H,17,22). The van der Waals surface area contributed by atoms with E-state index in [1.165, 1.54) is 12.1 Å². The summed E-state index contributed by atoms with van der Waals surface area (Å²) < 4.78 is 6.24. The van der Waals surface area contributed by atoms with E-state index in [0.717, 1.165) is 4.68 Å². The number of carbonyl (C=O) groups excluding carboxylic acids is 1. The van der Waals surface area contributed by atoms with E-state index in [4.69, 9.17) is 4.52 Å². The molecule has 0 unspecified atom stereocenters. The van der Waals surface area contributed by atoms with E-state index in [-0.39, 0.29) is 18.3 Å². The number of nitrogens with zero attached hydrogens (tertiary/aromatic N) is 5. The van der Waals surface area contributed by atoms with Crippen LogP contribution in [0.5, 0.6) is 0 Å². The highest BCUT2D eigenvalue weighted by atomic mass is 16.5. The van der Waals surface area contributed by atoms with E-state index in [2.05, 4.69) is 25.5 Å². The second-order valence-electron chi connectivity index (χ2n) is 4.83. The van der Waals surface area contributed by atoms with Crippen LogP contribution in [0.15, 0.2) is 46.0 Å². The molecule has 0 radical (unpaired) electrons. The predicted octanol–water partition coefficient (Wildman–Crippen LogP) is 0.491. The highest BCUT2D eigenvalue weighted by Crippen LogP contribution is 2.19. The number of amides is 1. The van der Waals surface area contributed by atoms with Gasteiger partial charge in [0.15, 0.2) is 0 Å². The zero-order chi connectivity index (χ0) is 16.9. The van der Waals surface area contributed by atoms with Crippen molar-refractivity contribution in [3.63, 3.8) is 0 Å². The topological polar surface area (TPSA) is 116 Å². The summed E-state index contributed by atoms with van der Waals surface area (Å²) in [7, 11) is 0. The van der Waals surface area contributed by atoms with Gasteiger partial charge in [-0.05, 0) is 25.1 Å². The highest BCUT2D eigenvalue weighted by Gasteiger charge is 2.14. The van der Waals surface area contributed by atoms with Crippen LogP contribution in [0.1, 0.15) is 6.92 Å². The molecular weight excluding hydrogens is 312 g/mol. The molecule has 1 amide bonds. The fraction of sp³-hybridized carbons (Fsp3) is 0.200. The Morgan fingerprint density at radius 2 is 2.21 bits per heavy atom. The smallest absolute Gasteiger partial charge is 0.278 e. The van der Waals surface area contributed by atoms with Crippen LogP contribution in [0.3, 0.4) is 0 Å². The van der Waals surface area contributed by atoms with Gasteiger partial charge in [-0.2, -0.15) is 10.1 Å². The van der Waals surface area contributed by atoms with E-state index in [0.29, 0.717) is 23.6 Å². The predicted molar refractivity (Wildman–Crippen MR) is 83.7 cm³/mol. The number of nitrogens with one attached hydrogen (secondary N) is 1. The van der Waals surface area contributed by atoms with Crippen LogP contribution in [0.4, 0.5) is 0 Å². The first-order chi connectivity index (χ1) is 11.7. The van der Waals surface area contributed by atoms with E-state index in [1.54, 1.807) is 31.5 Å². The van der Waals surface area contributed by atoms with Gasteiger partial charge in [0, 0.05) is 30.6 Å². The molecule has 0 saturated heterocycles. The maximum absolute atomic E-state index is 11.8. The van der Waals surface area contributed by atoms with Crippen LogP contribution < -0.4 is 10.9 Å². The van der Waals surface area contributed by atoms with Gasteiger partial charge in [0.05, 0.1) is 0 Å². The Morgan fingerprint density at radius 3 is 2.96 bits per heavy atom. The number of rotatable bonds is 5. The zero-order valence-corrected chi connectivity index (χ0v) is 12.8. The van der Waals surface area contributed by atoms with Crippen molar-refractivity contribution in [2.45, 2.75) is 13.5 Å². The molecule has 9 heteroatoms. The third-order valence-corrected chi connectivity index (χ3v) is 3.10. The molecule has 0 bridgehead atoms. The third-order valence-electron chi connectivity index (χ3n) is 3.10. The minimum Gasteiger partial charge on any atom is -0.355 e. The summed E-state index contributed by atoms with van der Waals surface area (Å²) in [5.74, 6) is 0.214. The molecule has 0 fully saturated rings. The second kappa shape index (κ2) is 6.82. The third kappa shape index (κ3) is 3.35. The van der Waals surface area contributed by atoms with Gasteiger partial charge in [-0.25, -0.2) is 4.68 Å². The average Bonchev–Trinajstić information content (AvgIpc) is 3.08. The molecular formula is C15H14N6O3. The highest BCUT2D eigenvalue weighted by molar-refractivity contribution is 5.75. The molecule has 0 atom stereocenters. The molecule has 3 heterocycles. The monoisotopic (exact) mass is 326 g/mol. The maximum Gasteiger partial charge on any atom is 0.278 e. The average molecular weight is 326 g/mol. The molecule has 1 N–H and O–H groups in total. The molecule has 3 rings (SSSR count). The molecule has 0 saturated carbocycles. The molecule has 24 heavy (non-hydrogen) atoms. The van der Waals surface area contributed by atoms with E-state index < -0.39 is 5.56 Å². The van der Waals surface area contributed by atoms with E-state index in [9.17, 15) is 9.59 Å². The van der Waals surface area contributed by atoms with Gasteiger partial charge in [-0.1, -0.05) is 5.16 Å². The Bertz CT molecular complexity index is 903. The minimum absolute atomic E-state index is 0.151. The second-order valence-corrected chi connectivity index (χ2v) is 4.83. The number of hydrogen-bond acceptors (Lipinski definition) is 7. The van der Waals surface area contributed by atoms with Crippen LogP contribution in [0, 0.1) is 0 Å². The van der Waals surface area contributed by atoms with Crippen LogP contribution in [0.2, 0.25) is 0 Å². The maximum atomic E-state index is 11.8. The van der Waals surface area contributed by atoms with Gasteiger partial charge < -0.3 is 9.84 Å². The van der Waals surface area contributed by atoms with Gasteiger partial charge in [0.1, 0.15) is 12.2 Å². The molecule has 0 aliphatic rings. The minimum atomic E-state index is -0.392. The van der Waals surface area contributed by atoms with Crippen molar-refractivity contribution in [2.24, 2.45) is 0 Å². The SMILES string of the molecule is CCNC(=O)Cn1nc(-c2nc(-c3cccnc3)no2)ccc1=O. The summed E-state index contributed by atoms with van der Waals surface area (Å²) in [5.41, 5.74) is 0.613. The molecule has 9 nitrogen and oxygen atoms in total. The first kappa shape index (κ1) is 15.5. The fourth-order valence-electron chi connectivity index (χ4n) is 2.01. The van der Waals surface area contributed by atoms with Crippen LogP contribution in [0.25, 0.3) is 23.0 Å². The van der Waals surface area contributed by atoms with Crippen molar-refractivity contribution in [3.05, 3.63) is 47.0 Å². The summed E-state index contributed by atoms with van der Waals surface area (Å²) >= 11 is 0. The van der Waals surface area contributed by atoms with Crippen molar-refractivity contribution >= 4 is 5.91 Å². The van der Waals surface area contributed by atoms with Crippen LogP contribution in [-0.4, -0.2) is 37.4 Å². The lowest BCUT2D eigenvalue weighted by Gasteiger charge is -2.05. The largest absolute Gasteiger partial charge is 0.355 e. The normalized spacial score (nSPS) is 10.5. The van der Waals surface area contributed by atoms with E-state index in [1.807, 2.05) is 0 Å². The van der Waals surface area contributed by atoms with Gasteiger partial charge in [-0.15, -0.1) is 0 Å². The number of pyridine rings is 1. The Hall–Kier alpha value is -3.36. The summed E-state index contributed by atoms with van der Waals surface area (Å²) in [4.78, 5) is 31.7. The van der Waals surface area contributed by atoms with Crippen molar-refractivity contribution < 1.29 is 9.32 Å². The van der Waals surface area contributed by atoms with Crippen LogP contribution >= 0.6 is 0 Å². The van der Waals surface area contributed by atoms with Crippen LogP contribution in [-0.2, 0) is 11.3 Å².